The highest BCUT2D eigenvalue weighted by Gasteiger charge is 2.83. The zero-order chi connectivity index (χ0) is 20.4. The van der Waals surface area contributed by atoms with E-state index in [4.69, 9.17) is 16.3 Å². The highest BCUT2D eigenvalue weighted by molar-refractivity contribution is 6.31. The van der Waals surface area contributed by atoms with Crippen LogP contribution >= 0.6 is 11.6 Å². The highest BCUT2D eigenvalue weighted by atomic mass is 35.5. The Morgan fingerprint density at radius 2 is 1.61 bits per heavy atom. The van der Waals surface area contributed by atoms with Crippen LogP contribution in [0.5, 0.6) is 0 Å². The molecular weight excluding hydrogens is 376 g/mol. The summed E-state index contributed by atoms with van der Waals surface area (Å²) in [4.78, 5) is 1.70. The first-order chi connectivity index (χ1) is 13.6. The number of rotatable bonds is 3. The van der Waals surface area contributed by atoms with Gasteiger partial charge in [-0.2, -0.15) is 26.3 Å². The van der Waals surface area contributed by atoms with Gasteiger partial charge in [0.05, 0.1) is 37.1 Å². The molecule has 7 nitrogen and oxygen atoms in total. The lowest BCUT2D eigenvalue weighted by molar-refractivity contribution is 0.0482. The summed E-state index contributed by atoms with van der Waals surface area (Å²) in [6, 6.07) is 16.5. The molecule has 1 aliphatic heterocycles. The van der Waals surface area contributed by atoms with Crippen LogP contribution < -0.4 is 0 Å². The first kappa shape index (κ1) is 19.2. The zero-order valence-corrected chi connectivity index (χ0v) is 15.4. The first-order valence-electron chi connectivity index (χ1n) is 8.43. The van der Waals surface area contributed by atoms with Crippen molar-refractivity contribution in [3.63, 3.8) is 0 Å². The predicted molar refractivity (Wildman–Crippen MR) is 96.5 cm³/mol. The van der Waals surface area contributed by atoms with Gasteiger partial charge in [-0.3, -0.25) is 0 Å². The Bertz CT molecular complexity index is 1020. The van der Waals surface area contributed by atoms with E-state index in [0.29, 0.717) is 36.9 Å². The summed E-state index contributed by atoms with van der Waals surface area (Å²) in [7, 11) is 0. The normalized spacial score (nSPS) is 24.4. The largest absolute Gasteiger partial charge is 0.378 e. The third-order valence-electron chi connectivity index (χ3n) is 5.31. The second kappa shape index (κ2) is 7.23. The number of benzene rings is 1. The monoisotopic (exact) mass is 388 g/mol. The average Bonchev–Trinajstić information content (AvgIpc) is 3.35. The van der Waals surface area contributed by atoms with Crippen molar-refractivity contribution >= 4 is 11.6 Å². The van der Waals surface area contributed by atoms with Gasteiger partial charge in [-0.15, -0.1) is 0 Å². The van der Waals surface area contributed by atoms with Gasteiger partial charge in [0, 0.05) is 24.0 Å². The zero-order valence-electron chi connectivity index (χ0n) is 14.7. The van der Waals surface area contributed by atoms with E-state index in [-0.39, 0.29) is 11.3 Å². The van der Waals surface area contributed by atoms with E-state index in [2.05, 4.69) is 6.07 Å². The fraction of sp³-hybridized carbons (Fsp3) is 0.350. The van der Waals surface area contributed by atoms with Crippen LogP contribution in [0.3, 0.4) is 0 Å². The van der Waals surface area contributed by atoms with Gasteiger partial charge < -0.3 is 9.64 Å². The fourth-order valence-electron chi connectivity index (χ4n) is 4.03. The minimum absolute atomic E-state index is 0.108. The van der Waals surface area contributed by atoms with Gasteiger partial charge in [0.1, 0.15) is 17.6 Å². The number of halogens is 1. The van der Waals surface area contributed by atoms with Gasteiger partial charge in [-0.1, -0.05) is 29.8 Å². The summed E-state index contributed by atoms with van der Waals surface area (Å²) in [5, 5.41) is 49.5. The van der Waals surface area contributed by atoms with Crippen molar-refractivity contribution in [3.8, 4) is 30.3 Å². The molecule has 0 amide bonds. The molecular formula is C20H13ClN6O. The lowest BCUT2D eigenvalue weighted by Crippen LogP contribution is -2.40. The Labute approximate surface area is 167 Å². The van der Waals surface area contributed by atoms with Crippen LogP contribution in [0.2, 0.25) is 5.02 Å². The van der Waals surface area contributed by atoms with Crippen LogP contribution in [-0.4, -0.2) is 31.2 Å². The molecule has 1 aromatic rings. The summed E-state index contributed by atoms with van der Waals surface area (Å²) >= 11 is 6.31. The molecule has 1 heterocycles. The van der Waals surface area contributed by atoms with Crippen molar-refractivity contribution in [2.75, 3.05) is 26.3 Å². The molecule has 1 aliphatic carbocycles. The van der Waals surface area contributed by atoms with Gasteiger partial charge in [-0.05, 0) is 11.6 Å². The Morgan fingerprint density at radius 1 is 1.00 bits per heavy atom. The van der Waals surface area contributed by atoms with E-state index in [9.17, 15) is 26.3 Å². The molecule has 0 unspecified atom stereocenters. The van der Waals surface area contributed by atoms with E-state index >= 15 is 0 Å². The molecule has 136 valence electrons. The molecule has 0 aromatic heterocycles. The highest BCUT2D eigenvalue weighted by Crippen LogP contribution is 2.78. The molecule has 0 spiro atoms. The van der Waals surface area contributed by atoms with E-state index in [1.807, 2.05) is 24.3 Å². The summed E-state index contributed by atoms with van der Waals surface area (Å²) in [6.07, 6.45) is 0. The van der Waals surface area contributed by atoms with Crippen LogP contribution in [0.25, 0.3) is 0 Å². The summed E-state index contributed by atoms with van der Waals surface area (Å²) < 4.78 is 5.33. The third kappa shape index (κ3) is 2.41. The Morgan fingerprint density at radius 3 is 2.11 bits per heavy atom. The first-order valence-corrected chi connectivity index (χ1v) is 8.81. The van der Waals surface area contributed by atoms with Crippen LogP contribution in [-0.2, 0) is 4.74 Å². The van der Waals surface area contributed by atoms with Crippen molar-refractivity contribution in [2.24, 2.45) is 10.8 Å². The smallest absolute Gasteiger partial charge is 0.177 e. The molecule has 3 rings (SSSR count). The van der Waals surface area contributed by atoms with E-state index in [1.165, 1.54) is 0 Å². The van der Waals surface area contributed by atoms with E-state index in [1.54, 1.807) is 29.2 Å². The van der Waals surface area contributed by atoms with Crippen LogP contribution in [0.15, 0.2) is 35.5 Å². The van der Waals surface area contributed by atoms with Crippen molar-refractivity contribution in [3.05, 3.63) is 46.1 Å². The van der Waals surface area contributed by atoms with E-state index < -0.39 is 16.7 Å². The van der Waals surface area contributed by atoms with Crippen molar-refractivity contribution in [1.82, 2.24) is 4.90 Å². The Hall–Kier alpha value is -3.54. The number of hydrogen-bond donors (Lipinski definition) is 0. The van der Waals surface area contributed by atoms with Gasteiger partial charge >= 0.3 is 0 Å². The number of nitrogens with zero attached hydrogens (tertiary/aromatic N) is 6. The molecule has 0 bridgehead atoms. The molecule has 1 saturated heterocycles. The van der Waals surface area contributed by atoms with Crippen LogP contribution in [0.1, 0.15) is 11.5 Å². The summed E-state index contributed by atoms with van der Waals surface area (Å²) in [5.41, 5.74) is -3.15. The lowest BCUT2D eigenvalue weighted by Gasteiger charge is -2.34. The second-order valence-electron chi connectivity index (χ2n) is 6.45. The minimum Gasteiger partial charge on any atom is -0.378 e. The standard InChI is InChI=1S/C20H13ClN6O/c21-16-4-2-1-3-15(16)17-19(11-24,12-25)20(17,13-26)18(14(9-22)10-23)27-5-7-28-8-6-27/h1-4,17H,5-8H2/t17-,20+/m0/s1. The number of morpholine rings is 1. The minimum atomic E-state index is -1.76. The number of hydrogen-bond acceptors (Lipinski definition) is 7. The predicted octanol–water partition coefficient (Wildman–Crippen LogP) is 2.61. The molecule has 2 atom stereocenters. The maximum Gasteiger partial charge on any atom is 0.177 e. The van der Waals surface area contributed by atoms with Gasteiger partial charge in [-0.25, -0.2) is 0 Å². The Balaban J connectivity index is 2.32. The number of allylic oxidation sites excluding steroid dienone is 2. The van der Waals surface area contributed by atoms with Crippen molar-refractivity contribution in [2.45, 2.75) is 5.92 Å². The summed E-state index contributed by atoms with van der Waals surface area (Å²) in [6.45, 7) is 1.37. The maximum absolute atomic E-state index is 10.2. The molecule has 1 aromatic carbocycles. The topological polar surface area (TPSA) is 131 Å². The lowest BCUT2D eigenvalue weighted by atomic mass is 9.88. The molecule has 0 radical (unpaired) electrons. The average molecular weight is 389 g/mol. The molecule has 8 heteroatoms. The summed E-state index contributed by atoms with van der Waals surface area (Å²) in [5.74, 6) is -0.886. The third-order valence-corrected chi connectivity index (χ3v) is 5.66. The quantitative estimate of drug-likeness (QED) is 0.727. The fourth-order valence-corrected chi connectivity index (χ4v) is 4.28. The Kier molecular flexibility index (Phi) is 4.96. The second-order valence-corrected chi connectivity index (χ2v) is 6.86. The number of ether oxygens (including phenoxy) is 1. The van der Waals surface area contributed by atoms with Gasteiger partial charge in [0.2, 0.25) is 0 Å². The molecule has 2 aliphatic rings. The van der Waals surface area contributed by atoms with Crippen LogP contribution in [0.4, 0.5) is 0 Å². The number of nitriles is 5. The van der Waals surface area contributed by atoms with Gasteiger partial charge in [0.15, 0.2) is 11.0 Å². The van der Waals surface area contributed by atoms with Crippen molar-refractivity contribution in [1.29, 1.82) is 26.3 Å². The molecule has 1 saturated carbocycles. The maximum atomic E-state index is 10.2. The molecule has 2 fully saturated rings. The van der Waals surface area contributed by atoms with Crippen molar-refractivity contribution < 1.29 is 4.74 Å². The van der Waals surface area contributed by atoms with E-state index in [0.717, 1.165) is 0 Å². The van der Waals surface area contributed by atoms with Crippen LogP contribution in [0, 0.1) is 67.5 Å². The molecule has 0 N–H and O–H groups in total. The molecule has 28 heavy (non-hydrogen) atoms. The SMILES string of the molecule is N#CC(C#N)=C(N1CCOCC1)[C@@]1(C#N)[C@@H](c2ccccc2Cl)C1(C#N)C#N. The van der Waals surface area contributed by atoms with Gasteiger partial charge in [0.25, 0.3) is 0 Å².